The quantitative estimate of drug-likeness (QED) is 0.167. The molecule has 0 spiro atoms. The first-order valence-corrected chi connectivity index (χ1v) is 16.1. The van der Waals surface area contributed by atoms with Crippen LogP contribution in [0.4, 0.5) is 0 Å². The summed E-state index contributed by atoms with van der Waals surface area (Å²) in [6.45, 7) is 2.61. The minimum absolute atomic E-state index is 0.00574. The van der Waals surface area contributed by atoms with E-state index in [-0.39, 0.29) is 30.6 Å². The summed E-state index contributed by atoms with van der Waals surface area (Å²) in [6.07, 6.45) is 16.1. The molecular formula is C35H43N3O5S. The number of nitrogens with zero attached hydrogens (tertiary/aromatic N) is 3. The van der Waals surface area contributed by atoms with Crippen molar-refractivity contribution in [2.45, 2.75) is 76.2 Å². The Bertz CT molecular complexity index is 1350. The van der Waals surface area contributed by atoms with E-state index in [1.165, 1.54) is 19.3 Å². The van der Waals surface area contributed by atoms with Crippen LogP contribution in [-0.4, -0.2) is 69.2 Å². The molecule has 0 amide bonds. The van der Waals surface area contributed by atoms with Crippen molar-refractivity contribution in [3.63, 3.8) is 0 Å². The zero-order chi connectivity index (χ0) is 30.7. The molecule has 9 heteroatoms. The molecule has 0 radical (unpaired) electrons. The molecule has 44 heavy (non-hydrogen) atoms. The third kappa shape index (κ3) is 8.55. The van der Waals surface area contributed by atoms with E-state index in [4.69, 9.17) is 31.5 Å². The van der Waals surface area contributed by atoms with E-state index in [1.807, 2.05) is 24.4 Å². The average molecular weight is 618 g/mol. The first-order chi connectivity index (χ1) is 21.5. The van der Waals surface area contributed by atoms with Crippen molar-refractivity contribution in [3.8, 4) is 16.9 Å². The lowest BCUT2D eigenvalue weighted by Gasteiger charge is -2.39. The number of allylic oxidation sites excluding steroid dienone is 2. The van der Waals surface area contributed by atoms with Crippen LogP contribution in [0.25, 0.3) is 11.1 Å². The zero-order valence-electron chi connectivity index (χ0n) is 25.4. The van der Waals surface area contributed by atoms with Gasteiger partial charge in [-0.05, 0) is 86.2 Å². The lowest BCUT2D eigenvalue weighted by molar-refractivity contribution is -0.136. The van der Waals surface area contributed by atoms with Crippen LogP contribution in [0, 0.1) is 5.92 Å². The molecule has 8 nitrogen and oxygen atoms in total. The van der Waals surface area contributed by atoms with Gasteiger partial charge >= 0.3 is 5.97 Å². The Morgan fingerprint density at radius 1 is 1.00 bits per heavy atom. The van der Waals surface area contributed by atoms with Crippen LogP contribution in [0.1, 0.15) is 56.9 Å². The van der Waals surface area contributed by atoms with Gasteiger partial charge in [0.25, 0.3) is 5.17 Å². The fourth-order valence-electron chi connectivity index (χ4n) is 6.50. The van der Waals surface area contributed by atoms with E-state index in [2.05, 4.69) is 52.4 Å². The number of imidazole rings is 1. The van der Waals surface area contributed by atoms with Crippen LogP contribution in [0.2, 0.25) is 0 Å². The second-order valence-corrected chi connectivity index (χ2v) is 12.0. The molecule has 0 bridgehead atoms. The summed E-state index contributed by atoms with van der Waals surface area (Å²) in [4.78, 5) is 17.7. The van der Waals surface area contributed by atoms with Crippen molar-refractivity contribution in [3.05, 3.63) is 85.0 Å². The first kappa shape index (κ1) is 31.9. The van der Waals surface area contributed by atoms with Crippen molar-refractivity contribution < 1.29 is 24.1 Å². The van der Waals surface area contributed by atoms with Crippen molar-refractivity contribution >= 4 is 23.4 Å². The molecule has 1 aromatic heterocycles. The van der Waals surface area contributed by atoms with E-state index in [0.29, 0.717) is 18.2 Å². The highest BCUT2D eigenvalue weighted by molar-refractivity contribution is 7.80. The monoisotopic (exact) mass is 617 g/mol. The number of rotatable bonds is 13. The summed E-state index contributed by atoms with van der Waals surface area (Å²) in [5.41, 5.74) is 3.42. The number of aliphatic carboxylic acids is 1. The number of carbonyl (C=O) groups is 1. The fraction of sp³-hybridized carbons (Fsp3) is 0.457. The summed E-state index contributed by atoms with van der Waals surface area (Å²) >= 11 is 5.68. The van der Waals surface area contributed by atoms with E-state index in [0.717, 1.165) is 54.8 Å². The highest BCUT2D eigenvalue weighted by Crippen LogP contribution is 2.39. The molecule has 1 aliphatic heterocycles. The molecule has 2 aliphatic rings. The number of aromatic nitrogens is 2. The Morgan fingerprint density at radius 3 is 2.36 bits per heavy atom. The normalized spacial score (nSPS) is 22.3. The van der Waals surface area contributed by atoms with Gasteiger partial charge in [-0.1, -0.05) is 55.0 Å². The maximum Gasteiger partial charge on any atom is 0.303 e. The second-order valence-electron chi connectivity index (χ2n) is 11.6. The molecule has 1 aliphatic carbocycles. The molecule has 2 aromatic carbocycles. The Labute approximate surface area is 265 Å². The molecule has 1 saturated heterocycles. The van der Waals surface area contributed by atoms with Gasteiger partial charge in [0.2, 0.25) is 0 Å². The van der Waals surface area contributed by atoms with Crippen molar-refractivity contribution in [1.29, 1.82) is 0 Å². The maximum absolute atomic E-state index is 10.9. The van der Waals surface area contributed by atoms with Crippen molar-refractivity contribution in [2.75, 3.05) is 20.2 Å². The Hall–Kier alpha value is -3.53. The van der Waals surface area contributed by atoms with Gasteiger partial charge in [-0.25, -0.2) is 4.98 Å². The molecule has 5 rings (SSSR count). The number of hydrogen-bond acceptors (Lipinski definition) is 7. The highest BCUT2D eigenvalue weighted by Gasteiger charge is 2.48. The zero-order valence-corrected chi connectivity index (χ0v) is 26.2. The molecule has 2 fully saturated rings. The van der Waals surface area contributed by atoms with Crippen LogP contribution >= 0.6 is 12.2 Å². The lowest BCUT2D eigenvalue weighted by Crippen LogP contribution is -2.49. The van der Waals surface area contributed by atoms with Crippen molar-refractivity contribution in [2.24, 2.45) is 5.92 Å². The van der Waals surface area contributed by atoms with Gasteiger partial charge in [0.05, 0.1) is 25.9 Å². The SMILES string of the molecule is COc1ccc(-c2ccc(COC3CC(OC(=S)n4ccnc4)C(N4CCCCC4)C3CCC=CCCC(=O)O)cc2)cc1. The number of benzene rings is 2. The third-order valence-electron chi connectivity index (χ3n) is 8.74. The number of methoxy groups -OCH3 is 1. The van der Waals surface area contributed by atoms with Crippen LogP contribution in [0.3, 0.4) is 0 Å². The summed E-state index contributed by atoms with van der Waals surface area (Å²) in [5, 5.41) is 9.39. The number of carboxylic acid groups (broad SMARTS) is 1. The third-order valence-corrected chi connectivity index (χ3v) is 9.05. The molecule has 1 N–H and O–H groups in total. The topological polar surface area (TPSA) is 86.1 Å². The largest absolute Gasteiger partial charge is 0.497 e. The van der Waals surface area contributed by atoms with Crippen LogP contribution in [-0.2, 0) is 20.9 Å². The van der Waals surface area contributed by atoms with E-state index in [1.54, 1.807) is 24.2 Å². The lowest BCUT2D eigenvalue weighted by atomic mass is 9.92. The second kappa shape index (κ2) is 16.0. The van der Waals surface area contributed by atoms with Gasteiger partial charge in [0, 0.05) is 31.2 Å². The fourth-order valence-corrected chi connectivity index (χ4v) is 6.73. The van der Waals surface area contributed by atoms with Gasteiger partial charge in [-0.15, -0.1) is 0 Å². The average Bonchev–Trinajstić information content (AvgIpc) is 3.71. The van der Waals surface area contributed by atoms with Crippen LogP contribution < -0.4 is 4.74 Å². The van der Waals surface area contributed by atoms with Gasteiger partial charge < -0.3 is 19.3 Å². The minimum Gasteiger partial charge on any atom is -0.497 e. The predicted octanol–water partition coefficient (Wildman–Crippen LogP) is 6.74. The molecular weight excluding hydrogens is 574 g/mol. The molecule has 234 valence electrons. The highest BCUT2D eigenvalue weighted by atomic mass is 32.1. The molecule has 3 aromatic rings. The van der Waals surface area contributed by atoms with Crippen molar-refractivity contribution in [1.82, 2.24) is 14.5 Å². The van der Waals surface area contributed by atoms with Gasteiger partial charge in [-0.2, -0.15) is 0 Å². The van der Waals surface area contributed by atoms with E-state index < -0.39 is 5.97 Å². The smallest absolute Gasteiger partial charge is 0.303 e. The molecule has 4 atom stereocenters. The number of hydrogen-bond donors (Lipinski definition) is 1. The molecule has 2 heterocycles. The number of likely N-dealkylation sites (tertiary alicyclic amines) is 1. The maximum atomic E-state index is 10.9. The minimum atomic E-state index is -0.769. The summed E-state index contributed by atoms with van der Waals surface area (Å²) in [5.74, 6) is 0.331. The Kier molecular flexibility index (Phi) is 11.6. The number of carboxylic acids is 1. The standard InChI is InChI=1S/C35H43N3O5S/c1-41-29-17-15-28(16-18-29)27-13-11-26(12-14-27)24-42-31-23-32(43-35(44)38-22-19-36-25-38)34(37-20-7-4-8-21-37)30(31)9-5-2-3-6-10-33(39)40/h2-3,11-19,22,25,30-32,34H,4-10,20-21,23-24H2,1H3,(H,39,40). The number of ether oxygens (including phenoxy) is 3. The number of thiocarbonyl (C=S) groups is 1. The predicted molar refractivity (Wildman–Crippen MR) is 175 cm³/mol. The summed E-state index contributed by atoms with van der Waals surface area (Å²) in [7, 11) is 1.68. The summed E-state index contributed by atoms with van der Waals surface area (Å²) in [6, 6.07) is 16.8. The van der Waals surface area contributed by atoms with E-state index >= 15 is 0 Å². The molecule has 1 saturated carbocycles. The number of piperidine rings is 1. The van der Waals surface area contributed by atoms with E-state index in [9.17, 15) is 4.79 Å². The van der Waals surface area contributed by atoms with Crippen LogP contribution in [0.15, 0.2) is 79.4 Å². The Balaban J connectivity index is 1.30. The van der Waals surface area contributed by atoms with Gasteiger partial charge in [-0.3, -0.25) is 14.3 Å². The van der Waals surface area contributed by atoms with Gasteiger partial charge in [0.15, 0.2) is 0 Å². The van der Waals surface area contributed by atoms with Gasteiger partial charge in [0.1, 0.15) is 18.2 Å². The molecule has 4 unspecified atom stereocenters. The summed E-state index contributed by atoms with van der Waals surface area (Å²) < 4.78 is 20.3. The Morgan fingerprint density at radius 2 is 1.70 bits per heavy atom. The first-order valence-electron chi connectivity index (χ1n) is 15.7. The van der Waals surface area contributed by atoms with Crippen LogP contribution in [0.5, 0.6) is 5.75 Å².